The third-order valence-electron chi connectivity index (χ3n) is 2.49. The standard InChI is InChI=1S/C10H8BrN3O4/c11-7-2-1-6(5-8(7)14(17)18)9(15)13-4-3-12-10(13)16/h1-2,5H,3-4H2,(H,12,16). The number of rotatable bonds is 2. The van der Waals surface area contributed by atoms with Gasteiger partial charge in [0.25, 0.3) is 11.6 Å². The molecule has 2 rings (SSSR count). The van der Waals surface area contributed by atoms with Gasteiger partial charge in [-0.3, -0.25) is 19.8 Å². The number of nitro groups is 1. The molecule has 0 spiro atoms. The molecular weight excluding hydrogens is 306 g/mol. The predicted molar refractivity (Wildman–Crippen MR) is 65.2 cm³/mol. The molecule has 1 aromatic rings. The van der Waals surface area contributed by atoms with Crippen LogP contribution in [-0.4, -0.2) is 34.9 Å². The quantitative estimate of drug-likeness (QED) is 0.661. The minimum atomic E-state index is -0.592. The lowest BCUT2D eigenvalue weighted by Gasteiger charge is -2.11. The highest BCUT2D eigenvalue weighted by Gasteiger charge is 2.28. The van der Waals surface area contributed by atoms with E-state index < -0.39 is 16.9 Å². The van der Waals surface area contributed by atoms with Gasteiger partial charge in [-0.2, -0.15) is 0 Å². The van der Waals surface area contributed by atoms with E-state index in [-0.39, 0.29) is 22.3 Å². The molecule has 0 unspecified atom stereocenters. The molecule has 1 aromatic carbocycles. The Bertz CT molecular complexity index is 546. The van der Waals surface area contributed by atoms with Crippen molar-refractivity contribution in [1.82, 2.24) is 10.2 Å². The number of urea groups is 1. The Morgan fingerprint density at radius 1 is 1.50 bits per heavy atom. The van der Waals surface area contributed by atoms with Crippen molar-refractivity contribution in [3.63, 3.8) is 0 Å². The van der Waals surface area contributed by atoms with Gasteiger partial charge in [-0.15, -0.1) is 0 Å². The Labute approximate surface area is 110 Å². The van der Waals surface area contributed by atoms with Crippen LogP contribution in [-0.2, 0) is 0 Å². The maximum atomic E-state index is 12.0. The largest absolute Gasteiger partial charge is 0.336 e. The van der Waals surface area contributed by atoms with E-state index in [4.69, 9.17) is 0 Å². The highest BCUT2D eigenvalue weighted by Crippen LogP contribution is 2.26. The molecule has 7 nitrogen and oxygen atoms in total. The number of nitrogens with one attached hydrogen (secondary N) is 1. The molecule has 1 aliphatic rings. The fraction of sp³-hybridized carbons (Fsp3) is 0.200. The van der Waals surface area contributed by atoms with Crippen molar-refractivity contribution in [3.05, 3.63) is 38.3 Å². The van der Waals surface area contributed by atoms with E-state index in [9.17, 15) is 19.7 Å². The molecule has 0 atom stereocenters. The van der Waals surface area contributed by atoms with Gasteiger partial charge in [-0.25, -0.2) is 4.79 Å². The first-order chi connectivity index (χ1) is 8.50. The van der Waals surface area contributed by atoms with Crippen LogP contribution in [0.3, 0.4) is 0 Å². The number of carbonyl (C=O) groups excluding carboxylic acids is 2. The highest BCUT2D eigenvalue weighted by atomic mass is 79.9. The van der Waals surface area contributed by atoms with Crippen molar-refractivity contribution in [1.29, 1.82) is 0 Å². The lowest BCUT2D eigenvalue weighted by atomic mass is 10.2. The first-order valence-electron chi connectivity index (χ1n) is 5.04. The van der Waals surface area contributed by atoms with Crippen LogP contribution < -0.4 is 5.32 Å². The maximum Gasteiger partial charge on any atom is 0.324 e. The molecule has 1 heterocycles. The summed E-state index contributed by atoms with van der Waals surface area (Å²) in [7, 11) is 0. The van der Waals surface area contributed by atoms with E-state index in [1.165, 1.54) is 12.1 Å². The molecule has 94 valence electrons. The third kappa shape index (κ3) is 2.19. The van der Waals surface area contributed by atoms with Crippen LogP contribution in [0.15, 0.2) is 22.7 Å². The SMILES string of the molecule is O=C1NCCN1C(=O)c1ccc(Br)c([N+](=O)[O-])c1. The number of benzene rings is 1. The maximum absolute atomic E-state index is 12.0. The second-order valence-corrected chi connectivity index (χ2v) is 4.47. The van der Waals surface area contributed by atoms with Gasteiger partial charge < -0.3 is 5.32 Å². The lowest BCUT2D eigenvalue weighted by Crippen LogP contribution is -2.34. The second-order valence-electron chi connectivity index (χ2n) is 3.61. The van der Waals surface area contributed by atoms with Crippen LogP contribution in [0, 0.1) is 10.1 Å². The van der Waals surface area contributed by atoms with Gasteiger partial charge in [0, 0.05) is 24.7 Å². The van der Waals surface area contributed by atoms with Crippen LogP contribution >= 0.6 is 15.9 Å². The minimum absolute atomic E-state index is 0.113. The number of nitro benzene ring substituents is 1. The lowest BCUT2D eigenvalue weighted by molar-refractivity contribution is -0.385. The minimum Gasteiger partial charge on any atom is -0.336 e. The van der Waals surface area contributed by atoms with Gasteiger partial charge in [0.15, 0.2) is 0 Å². The molecule has 1 N–H and O–H groups in total. The first-order valence-corrected chi connectivity index (χ1v) is 5.83. The van der Waals surface area contributed by atoms with Crippen LogP contribution in [0.2, 0.25) is 0 Å². The molecular formula is C10H8BrN3O4. The van der Waals surface area contributed by atoms with Crippen molar-refractivity contribution in [2.24, 2.45) is 0 Å². The van der Waals surface area contributed by atoms with Crippen LogP contribution in [0.1, 0.15) is 10.4 Å². The number of halogens is 1. The number of hydrogen-bond acceptors (Lipinski definition) is 4. The summed E-state index contributed by atoms with van der Waals surface area (Å²) in [5.41, 5.74) is -0.0950. The number of nitrogens with zero attached hydrogens (tertiary/aromatic N) is 2. The van der Waals surface area contributed by atoms with Crippen molar-refractivity contribution < 1.29 is 14.5 Å². The third-order valence-corrected chi connectivity index (χ3v) is 3.16. The van der Waals surface area contributed by atoms with E-state index in [0.29, 0.717) is 6.54 Å². The highest BCUT2D eigenvalue weighted by molar-refractivity contribution is 9.10. The van der Waals surface area contributed by atoms with Crippen LogP contribution in [0.25, 0.3) is 0 Å². The molecule has 1 aliphatic heterocycles. The van der Waals surface area contributed by atoms with E-state index >= 15 is 0 Å². The Morgan fingerprint density at radius 2 is 2.22 bits per heavy atom. The van der Waals surface area contributed by atoms with E-state index in [1.54, 1.807) is 0 Å². The zero-order valence-corrected chi connectivity index (χ0v) is 10.6. The molecule has 0 aliphatic carbocycles. The molecule has 18 heavy (non-hydrogen) atoms. The Morgan fingerprint density at radius 3 is 2.78 bits per heavy atom. The molecule has 1 fully saturated rings. The van der Waals surface area contributed by atoms with Gasteiger partial charge in [-0.05, 0) is 28.1 Å². The van der Waals surface area contributed by atoms with Gasteiger partial charge in [-0.1, -0.05) is 0 Å². The van der Waals surface area contributed by atoms with Crippen molar-refractivity contribution in [3.8, 4) is 0 Å². The Kier molecular flexibility index (Phi) is 3.28. The van der Waals surface area contributed by atoms with Gasteiger partial charge in [0.05, 0.1) is 9.40 Å². The Hall–Kier alpha value is -1.96. The average Bonchev–Trinajstić information content (AvgIpc) is 2.75. The summed E-state index contributed by atoms with van der Waals surface area (Å²) in [4.78, 5) is 34.5. The van der Waals surface area contributed by atoms with Gasteiger partial charge in [0.1, 0.15) is 0 Å². The number of carbonyl (C=O) groups is 2. The molecule has 8 heteroatoms. The van der Waals surface area contributed by atoms with Crippen LogP contribution in [0.5, 0.6) is 0 Å². The van der Waals surface area contributed by atoms with Crippen molar-refractivity contribution >= 4 is 33.6 Å². The number of hydrogen-bond donors (Lipinski definition) is 1. The predicted octanol–water partition coefficient (Wildman–Crippen LogP) is 1.52. The van der Waals surface area contributed by atoms with Crippen LogP contribution in [0.4, 0.5) is 10.5 Å². The summed E-state index contributed by atoms with van der Waals surface area (Å²) < 4.78 is 0.287. The molecule has 0 bridgehead atoms. The smallest absolute Gasteiger partial charge is 0.324 e. The summed E-state index contributed by atoms with van der Waals surface area (Å²) in [6.45, 7) is 0.657. The molecule has 3 amide bonds. The zero-order valence-electron chi connectivity index (χ0n) is 9.05. The van der Waals surface area contributed by atoms with Crippen molar-refractivity contribution in [2.45, 2.75) is 0 Å². The molecule has 0 saturated carbocycles. The molecule has 0 aromatic heterocycles. The van der Waals surface area contributed by atoms with E-state index in [1.807, 2.05) is 0 Å². The normalized spacial score (nSPS) is 14.5. The summed E-state index contributed by atoms with van der Waals surface area (Å²) in [6.07, 6.45) is 0. The Balaban J connectivity index is 2.34. The van der Waals surface area contributed by atoms with Gasteiger partial charge >= 0.3 is 6.03 Å². The van der Waals surface area contributed by atoms with E-state index in [0.717, 1.165) is 11.0 Å². The summed E-state index contributed by atoms with van der Waals surface area (Å²) in [5.74, 6) is -0.541. The second kappa shape index (κ2) is 4.73. The van der Waals surface area contributed by atoms with Crippen molar-refractivity contribution in [2.75, 3.05) is 13.1 Å². The fourth-order valence-corrected chi connectivity index (χ4v) is 2.00. The monoisotopic (exact) mass is 313 g/mol. The average molecular weight is 314 g/mol. The number of amides is 3. The van der Waals surface area contributed by atoms with E-state index in [2.05, 4.69) is 21.2 Å². The summed E-state index contributed by atoms with van der Waals surface area (Å²) in [5, 5.41) is 13.2. The zero-order chi connectivity index (χ0) is 13.3. The topological polar surface area (TPSA) is 92.6 Å². The molecule has 1 saturated heterocycles. The number of imide groups is 1. The molecule has 0 radical (unpaired) electrons. The fourth-order valence-electron chi connectivity index (χ4n) is 1.61. The van der Waals surface area contributed by atoms with Gasteiger partial charge in [0.2, 0.25) is 0 Å². The first kappa shape index (κ1) is 12.5. The summed E-state index contributed by atoms with van der Waals surface area (Å²) in [6, 6.07) is 3.52. The summed E-state index contributed by atoms with van der Waals surface area (Å²) >= 11 is 3.03.